The lowest BCUT2D eigenvalue weighted by atomic mass is 10.1. The number of ether oxygens (including phenoxy) is 3. The molecule has 0 saturated heterocycles. The van der Waals surface area contributed by atoms with E-state index in [-0.39, 0.29) is 12.1 Å². The number of nitrogens with one attached hydrogen (secondary N) is 1. The van der Waals surface area contributed by atoms with Crippen molar-refractivity contribution < 1.29 is 14.2 Å². The first-order valence-corrected chi connectivity index (χ1v) is 6.56. The van der Waals surface area contributed by atoms with Gasteiger partial charge in [-0.2, -0.15) is 0 Å². The van der Waals surface area contributed by atoms with Crippen molar-refractivity contribution in [3.63, 3.8) is 0 Å². The highest BCUT2D eigenvalue weighted by molar-refractivity contribution is 5.41. The van der Waals surface area contributed by atoms with Crippen LogP contribution in [0.5, 0.6) is 11.5 Å². The van der Waals surface area contributed by atoms with Crippen LogP contribution >= 0.6 is 0 Å². The van der Waals surface area contributed by atoms with Gasteiger partial charge in [-0.1, -0.05) is 12.1 Å². The molecule has 0 radical (unpaired) electrons. The second-order valence-electron chi connectivity index (χ2n) is 4.66. The summed E-state index contributed by atoms with van der Waals surface area (Å²) < 4.78 is 17.3. The van der Waals surface area contributed by atoms with Crippen molar-refractivity contribution in [2.45, 2.75) is 25.0 Å². The fraction of sp³-hybridized carbons (Fsp3) is 0.429. The first-order valence-electron chi connectivity index (χ1n) is 6.56. The van der Waals surface area contributed by atoms with Gasteiger partial charge in [-0.25, -0.2) is 5.43 Å². The monoisotopic (exact) mass is 262 g/mol. The molecule has 5 heteroatoms. The van der Waals surface area contributed by atoms with Gasteiger partial charge in [0, 0.05) is 0 Å². The number of benzene rings is 1. The Morgan fingerprint density at radius 1 is 1.21 bits per heavy atom. The van der Waals surface area contributed by atoms with Crippen LogP contribution in [0.25, 0.3) is 0 Å². The zero-order chi connectivity index (χ0) is 13.1. The number of hydrazine groups is 1. The van der Waals surface area contributed by atoms with Crippen LogP contribution in [-0.2, 0) is 4.74 Å². The van der Waals surface area contributed by atoms with Crippen LogP contribution < -0.4 is 20.7 Å². The number of para-hydroxylation sites is 2. The third-order valence-electron chi connectivity index (χ3n) is 3.35. The van der Waals surface area contributed by atoms with E-state index in [9.17, 15) is 0 Å². The first-order chi connectivity index (χ1) is 9.38. The summed E-state index contributed by atoms with van der Waals surface area (Å²) in [5.74, 6) is 8.01. The summed E-state index contributed by atoms with van der Waals surface area (Å²) in [7, 11) is 0. The molecular formula is C14H18N2O3. The molecule has 2 atom stereocenters. The maximum absolute atomic E-state index is 5.95. The molecule has 0 amide bonds. The Bertz CT molecular complexity index is 476. The molecule has 19 heavy (non-hydrogen) atoms. The van der Waals surface area contributed by atoms with Gasteiger partial charge in [0.25, 0.3) is 0 Å². The molecular weight excluding hydrogens is 244 g/mol. The van der Waals surface area contributed by atoms with E-state index in [1.807, 2.05) is 24.3 Å². The molecule has 3 N–H and O–H groups in total. The van der Waals surface area contributed by atoms with Crippen LogP contribution in [0.1, 0.15) is 12.8 Å². The summed E-state index contributed by atoms with van der Waals surface area (Å²) in [6.07, 6.45) is 3.94. The van der Waals surface area contributed by atoms with E-state index in [1.54, 1.807) is 0 Å². The Morgan fingerprint density at radius 3 is 2.79 bits per heavy atom. The van der Waals surface area contributed by atoms with Crippen LogP contribution in [0, 0.1) is 0 Å². The third-order valence-corrected chi connectivity index (χ3v) is 3.35. The van der Waals surface area contributed by atoms with Crippen molar-refractivity contribution in [2.75, 3.05) is 13.2 Å². The molecule has 5 nitrogen and oxygen atoms in total. The highest BCUT2D eigenvalue weighted by atomic mass is 16.6. The normalized spacial score (nSPS) is 23.2. The second kappa shape index (κ2) is 5.50. The minimum absolute atomic E-state index is 0.186. The fourth-order valence-electron chi connectivity index (χ4n) is 2.37. The summed E-state index contributed by atoms with van der Waals surface area (Å²) >= 11 is 0. The number of allylic oxidation sites excluding steroid dienone is 1. The SMILES string of the molecule is NNC(C1=CCCCO1)C1COc2ccccc2O1. The zero-order valence-corrected chi connectivity index (χ0v) is 10.7. The van der Waals surface area contributed by atoms with Crippen LogP contribution in [-0.4, -0.2) is 25.4 Å². The van der Waals surface area contributed by atoms with Gasteiger partial charge in [0.2, 0.25) is 0 Å². The summed E-state index contributed by atoms with van der Waals surface area (Å²) in [6.45, 7) is 1.18. The van der Waals surface area contributed by atoms with Gasteiger partial charge in [-0.15, -0.1) is 0 Å². The van der Waals surface area contributed by atoms with Gasteiger partial charge < -0.3 is 14.2 Å². The Balaban J connectivity index is 1.77. The smallest absolute Gasteiger partial charge is 0.161 e. The highest BCUT2D eigenvalue weighted by Crippen LogP contribution is 2.32. The molecule has 2 aliphatic rings. The lowest BCUT2D eigenvalue weighted by Crippen LogP contribution is -2.52. The predicted octanol–water partition coefficient (Wildman–Crippen LogP) is 1.35. The largest absolute Gasteiger partial charge is 0.496 e. The first kappa shape index (κ1) is 12.3. The molecule has 0 aromatic heterocycles. The van der Waals surface area contributed by atoms with Crippen molar-refractivity contribution in [1.82, 2.24) is 5.43 Å². The Labute approximate surface area is 112 Å². The number of hydrogen-bond acceptors (Lipinski definition) is 5. The van der Waals surface area contributed by atoms with E-state index in [0.717, 1.165) is 36.7 Å². The average Bonchev–Trinajstić information content (AvgIpc) is 2.49. The summed E-state index contributed by atoms with van der Waals surface area (Å²) in [5, 5.41) is 0. The molecule has 1 aromatic carbocycles. The van der Waals surface area contributed by atoms with Crippen molar-refractivity contribution >= 4 is 0 Å². The minimum atomic E-state index is -0.191. The fourth-order valence-corrected chi connectivity index (χ4v) is 2.37. The van der Waals surface area contributed by atoms with Gasteiger partial charge in [0.15, 0.2) is 17.6 Å². The molecule has 2 aliphatic heterocycles. The van der Waals surface area contributed by atoms with Crippen LogP contribution in [0.15, 0.2) is 36.1 Å². The van der Waals surface area contributed by atoms with Gasteiger partial charge in [0.05, 0.1) is 6.61 Å². The molecule has 0 spiro atoms. The Morgan fingerprint density at radius 2 is 2.05 bits per heavy atom. The number of nitrogens with two attached hydrogens (primary N) is 1. The van der Waals surface area contributed by atoms with Crippen LogP contribution in [0.2, 0.25) is 0 Å². The third kappa shape index (κ3) is 2.52. The van der Waals surface area contributed by atoms with Crippen molar-refractivity contribution in [3.05, 3.63) is 36.1 Å². The minimum Gasteiger partial charge on any atom is -0.496 e. The lowest BCUT2D eigenvalue weighted by molar-refractivity contribution is 0.0466. The average molecular weight is 262 g/mol. The summed E-state index contributed by atoms with van der Waals surface area (Å²) in [5.41, 5.74) is 2.77. The van der Waals surface area contributed by atoms with Crippen LogP contribution in [0.3, 0.4) is 0 Å². The van der Waals surface area contributed by atoms with E-state index in [2.05, 4.69) is 11.5 Å². The number of rotatable bonds is 3. The standard InChI is InChI=1S/C14H18N2O3/c15-16-14(12-7-3-4-8-17-12)13-9-18-10-5-1-2-6-11(10)19-13/h1-2,5-7,13-14,16H,3-4,8-9,15H2. The molecule has 0 bridgehead atoms. The predicted molar refractivity (Wildman–Crippen MR) is 70.7 cm³/mol. The lowest BCUT2D eigenvalue weighted by Gasteiger charge is -2.33. The van der Waals surface area contributed by atoms with E-state index < -0.39 is 0 Å². The van der Waals surface area contributed by atoms with Crippen molar-refractivity contribution in [3.8, 4) is 11.5 Å². The number of fused-ring (bicyclic) bond motifs is 1. The molecule has 2 unspecified atom stereocenters. The van der Waals surface area contributed by atoms with E-state index >= 15 is 0 Å². The quantitative estimate of drug-likeness (QED) is 0.636. The molecule has 102 valence electrons. The van der Waals surface area contributed by atoms with Crippen LogP contribution in [0.4, 0.5) is 0 Å². The topological polar surface area (TPSA) is 65.7 Å². The molecule has 3 rings (SSSR count). The molecule has 0 saturated carbocycles. The molecule has 1 aromatic rings. The Kier molecular flexibility index (Phi) is 3.57. The Hall–Kier alpha value is -1.72. The van der Waals surface area contributed by atoms with E-state index in [4.69, 9.17) is 20.1 Å². The van der Waals surface area contributed by atoms with Gasteiger partial charge in [0.1, 0.15) is 18.4 Å². The van der Waals surface area contributed by atoms with Gasteiger partial charge in [-0.3, -0.25) is 5.84 Å². The van der Waals surface area contributed by atoms with E-state index in [0.29, 0.717) is 6.61 Å². The zero-order valence-electron chi connectivity index (χ0n) is 10.7. The maximum Gasteiger partial charge on any atom is 0.161 e. The summed E-state index contributed by atoms with van der Waals surface area (Å²) in [6, 6.07) is 7.45. The molecule has 2 heterocycles. The number of hydrogen-bond donors (Lipinski definition) is 2. The molecule has 0 fully saturated rings. The van der Waals surface area contributed by atoms with E-state index in [1.165, 1.54) is 0 Å². The van der Waals surface area contributed by atoms with Crippen molar-refractivity contribution in [2.24, 2.45) is 5.84 Å². The second-order valence-corrected chi connectivity index (χ2v) is 4.66. The summed E-state index contributed by atoms with van der Waals surface area (Å²) in [4.78, 5) is 0. The highest BCUT2D eigenvalue weighted by Gasteiger charge is 2.32. The maximum atomic E-state index is 5.95. The molecule has 0 aliphatic carbocycles. The van der Waals surface area contributed by atoms with Crippen molar-refractivity contribution in [1.29, 1.82) is 0 Å². The van der Waals surface area contributed by atoms with Gasteiger partial charge in [-0.05, 0) is 31.1 Å². The van der Waals surface area contributed by atoms with Gasteiger partial charge >= 0.3 is 0 Å².